The lowest BCUT2D eigenvalue weighted by molar-refractivity contribution is -0.138. The number of aliphatic carboxylic acids is 1. The van der Waals surface area contributed by atoms with Crippen molar-refractivity contribution in [1.82, 2.24) is 0 Å². The van der Waals surface area contributed by atoms with Gasteiger partial charge in [-0.1, -0.05) is 0 Å². The highest BCUT2D eigenvalue weighted by Crippen LogP contribution is 2.34. The first kappa shape index (κ1) is 13.3. The van der Waals surface area contributed by atoms with Gasteiger partial charge in [0.25, 0.3) is 0 Å². The number of phenolic OH excluding ortho intramolecular Hbond substituents is 1. The van der Waals surface area contributed by atoms with Gasteiger partial charge in [-0.05, 0) is 24.6 Å². The number of benzene rings is 1. The molecule has 5 N–H and O–H groups in total. The van der Waals surface area contributed by atoms with Gasteiger partial charge >= 0.3 is 5.97 Å². The number of hydrogen-bond donors (Lipinski definition) is 4. The Balaban J connectivity index is 3.27. The van der Waals surface area contributed by atoms with Crippen molar-refractivity contribution in [2.75, 3.05) is 6.61 Å². The molecule has 0 heterocycles. The van der Waals surface area contributed by atoms with Crippen molar-refractivity contribution in [2.24, 2.45) is 5.73 Å². The second kappa shape index (κ2) is 5.51. The van der Waals surface area contributed by atoms with Gasteiger partial charge in [-0.25, -0.2) is 0 Å². The monoisotopic (exact) mass is 241 g/mol. The van der Waals surface area contributed by atoms with Crippen LogP contribution in [0, 0.1) is 0 Å². The molecule has 0 bridgehead atoms. The van der Waals surface area contributed by atoms with Gasteiger partial charge in [-0.3, -0.25) is 4.79 Å². The van der Waals surface area contributed by atoms with E-state index in [1.54, 1.807) is 6.92 Å². The minimum absolute atomic E-state index is 0.0208. The fraction of sp³-hybridized carbons (Fsp3) is 0.364. The van der Waals surface area contributed by atoms with Crippen LogP contribution in [-0.2, 0) is 11.4 Å². The zero-order valence-corrected chi connectivity index (χ0v) is 9.38. The van der Waals surface area contributed by atoms with Crippen molar-refractivity contribution in [3.63, 3.8) is 0 Å². The van der Waals surface area contributed by atoms with Crippen LogP contribution < -0.4 is 10.5 Å². The molecule has 0 unspecified atom stereocenters. The first-order chi connectivity index (χ1) is 8.01. The molecule has 1 rings (SSSR count). The number of nitrogens with two attached hydrogens (primary N) is 1. The van der Waals surface area contributed by atoms with Crippen LogP contribution in [0.3, 0.4) is 0 Å². The molecule has 0 aliphatic carbocycles. The summed E-state index contributed by atoms with van der Waals surface area (Å²) in [4.78, 5) is 10.8. The molecule has 0 fully saturated rings. The molecule has 0 spiro atoms. The lowest BCUT2D eigenvalue weighted by Crippen LogP contribution is -2.21. The topological polar surface area (TPSA) is 113 Å². The second-order valence-electron chi connectivity index (χ2n) is 3.44. The molecule has 0 aliphatic heterocycles. The Morgan fingerprint density at radius 2 is 2.18 bits per heavy atom. The standard InChI is InChI=1S/C11H15NO5/c1-2-17-8-4-6(5-13)3-7(10(8)14)9(12)11(15)16/h3-4,9,13-14H,2,5,12H2,1H3,(H,15,16)/t9-/m0/s1. The summed E-state index contributed by atoms with van der Waals surface area (Å²) >= 11 is 0. The number of phenols is 1. The summed E-state index contributed by atoms with van der Waals surface area (Å²) in [6.45, 7) is 1.74. The molecular formula is C11H15NO5. The Morgan fingerprint density at radius 1 is 1.53 bits per heavy atom. The normalized spacial score (nSPS) is 12.2. The molecule has 6 nitrogen and oxygen atoms in total. The van der Waals surface area contributed by atoms with E-state index < -0.39 is 12.0 Å². The van der Waals surface area contributed by atoms with Crippen LogP contribution in [0.25, 0.3) is 0 Å². The molecule has 0 aliphatic rings. The maximum atomic E-state index is 10.8. The zero-order valence-electron chi connectivity index (χ0n) is 9.38. The van der Waals surface area contributed by atoms with E-state index in [1.807, 2.05) is 0 Å². The van der Waals surface area contributed by atoms with E-state index in [9.17, 15) is 9.90 Å². The highest BCUT2D eigenvalue weighted by atomic mass is 16.5. The molecule has 0 amide bonds. The van der Waals surface area contributed by atoms with Crippen molar-refractivity contribution in [1.29, 1.82) is 0 Å². The van der Waals surface area contributed by atoms with Gasteiger partial charge in [0.15, 0.2) is 11.5 Å². The fourth-order valence-corrected chi connectivity index (χ4v) is 1.42. The van der Waals surface area contributed by atoms with Crippen LogP contribution in [0.2, 0.25) is 0 Å². The Labute approximate surface area is 98.3 Å². The summed E-state index contributed by atoms with van der Waals surface area (Å²) in [7, 11) is 0. The summed E-state index contributed by atoms with van der Waals surface area (Å²) in [6, 6.07) is 1.42. The van der Waals surface area contributed by atoms with Gasteiger partial charge in [0.2, 0.25) is 0 Å². The Bertz CT molecular complexity index is 419. The van der Waals surface area contributed by atoms with E-state index in [1.165, 1.54) is 12.1 Å². The van der Waals surface area contributed by atoms with Crippen LogP contribution in [0.15, 0.2) is 12.1 Å². The van der Waals surface area contributed by atoms with E-state index in [0.29, 0.717) is 12.2 Å². The Morgan fingerprint density at radius 3 is 2.65 bits per heavy atom. The minimum Gasteiger partial charge on any atom is -0.504 e. The number of aliphatic hydroxyl groups excluding tert-OH is 1. The fourth-order valence-electron chi connectivity index (χ4n) is 1.42. The summed E-state index contributed by atoms with van der Waals surface area (Å²) in [5.41, 5.74) is 5.88. The molecule has 0 aromatic heterocycles. The maximum Gasteiger partial charge on any atom is 0.325 e. The number of carboxylic acids is 1. The lowest BCUT2D eigenvalue weighted by Gasteiger charge is -2.14. The van der Waals surface area contributed by atoms with E-state index in [4.69, 9.17) is 20.7 Å². The average molecular weight is 241 g/mol. The van der Waals surface area contributed by atoms with E-state index in [2.05, 4.69) is 0 Å². The van der Waals surface area contributed by atoms with Crippen molar-refractivity contribution >= 4 is 5.97 Å². The molecular weight excluding hydrogens is 226 g/mol. The van der Waals surface area contributed by atoms with Gasteiger partial charge in [-0.15, -0.1) is 0 Å². The molecule has 94 valence electrons. The zero-order chi connectivity index (χ0) is 13.0. The van der Waals surface area contributed by atoms with Gasteiger partial charge in [0.05, 0.1) is 13.2 Å². The molecule has 1 aromatic carbocycles. The predicted molar refractivity (Wildman–Crippen MR) is 59.8 cm³/mol. The van der Waals surface area contributed by atoms with E-state index in [-0.39, 0.29) is 23.7 Å². The van der Waals surface area contributed by atoms with Crippen molar-refractivity contribution in [3.8, 4) is 11.5 Å². The average Bonchev–Trinajstić information content (AvgIpc) is 2.31. The third-order valence-corrected chi connectivity index (χ3v) is 2.25. The predicted octanol–water partition coefficient (Wildman–Crippen LogP) is 0.368. The van der Waals surface area contributed by atoms with Crippen LogP contribution in [0.4, 0.5) is 0 Å². The number of ether oxygens (including phenoxy) is 1. The van der Waals surface area contributed by atoms with Crippen LogP contribution >= 0.6 is 0 Å². The third-order valence-electron chi connectivity index (χ3n) is 2.25. The summed E-state index contributed by atoms with van der Waals surface area (Å²) in [6.07, 6.45) is 0. The Hall–Kier alpha value is -1.79. The maximum absolute atomic E-state index is 10.8. The summed E-state index contributed by atoms with van der Waals surface area (Å²) in [5.74, 6) is -1.46. The third kappa shape index (κ3) is 2.86. The SMILES string of the molecule is CCOc1cc(CO)cc([C@H](N)C(=O)O)c1O. The molecule has 1 atom stereocenters. The molecule has 6 heteroatoms. The first-order valence-electron chi connectivity index (χ1n) is 5.09. The first-order valence-corrected chi connectivity index (χ1v) is 5.09. The number of rotatable bonds is 5. The van der Waals surface area contributed by atoms with E-state index in [0.717, 1.165) is 0 Å². The quantitative estimate of drug-likeness (QED) is 0.592. The van der Waals surface area contributed by atoms with Crippen molar-refractivity contribution < 1.29 is 24.9 Å². The van der Waals surface area contributed by atoms with Crippen molar-refractivity contribution in [3.05, 3.63) is 23.3 Å². The second-order valence-corrected chi connectivity index (χ2v) is 3.44. The van der Waals surface area contributed by atoms with Gasteiger partial charge in [0.1, 0.15) is 6.04 Å². The largest absolute Gasteiger partial charge is 0.504 e. The van der Waals surface area contributed by atoms with Gasteiger partial charge < -0.3 is 25.8 Å². The van der Waals surface area contributed by atoms with Crippen molar-refractivity contribution in [2.45, 2.75) is 19.6 Å². The molecule has 17 heavy (non-hydrogen) atoms. The summed E-state index contributed by atoms with van der Waals surface area (Å²) < 4.78 is 5.14. The molecule has 0 saturated heterocycles. The minimum atomic E-state index is -1.36. The number of aromatic hydroxyl groups is 1. The summed E-state index contributed by atoms with van der Waals surface area (Å²) in [5, 5.41) is 27.7. The highest BCUT2D eigenvalue weighted by Gasteiger charge is 2.21. The van der Waals surface area contributed by atoms with Gasteiger partial charge in [0, 0.05) is 5.56 Å². The lowest BCUT2D eigenvalue weighted by atomic mass is 10.0. The number of hydrogen-bond acceptors (Lipinski definition) is 5. The number of carboxylic acid groups (broad SMARTS) is 1. The molecule has 0 radical (unpaired) electrons. The van der Waals surface area contributed by atoms with Crippen LogP contribution in [-0.4, -0.2) is 27.9 Å². The smallest absolute Gasteiger partial charge is 0.325 e. The highest BCUT2D eigenvalue weighted by molar-refractivity contribution is 5.77. The number of carbonyl (C=O) groups is 1. The number of aliphatic hydroxyl groups is 1. The molecule has 0 saturated carbocycles. The van der Waals surface area contributed by atoms with Crippen LogP contribution in [0.1, 0.15) is 24.1 Å². The van der Waals surface area contributed by atoms with E-state index >= 15 is 0 Å². The molecule has 1 aromatic rings. The Kier molecular flexibility index (Phi) is 4.30. The van der Waals surface area contributed by atoms with Gasteiger partial charge in [-0.2, -0.15) is 0 Å². The van der Waals surface area contributed by atoms with Crippen LogP contribution in [0.5, 0.6) is 11.5 Å².